The Morgan fingerprint density at radius 1 is 1.21 bits per heavy atom. The summed E-state index contributed by atoms with van der Waals surface area (Å²) in [6.45, 7) is 0. The molecule has 1 atom stereocenters. The van der Waals surface area contributed by atoms with Crippen LogP contribution < -0.4 is 0 Å². The number of hydrogen-bond acceptors (Lipinski definition) is 5. The zero-order valence-electron chi connectivity index (χ0n) is 14.2. The van der Waals surface area contributed by atoms with Gasteiger partial charge in [0.15, 0.2) is 0 Å². The molecule has 1 N–H and O–H groups in total. The van der Waals surface area contributed by atoms with Crippen molar-refractivity contribution in [1.82, 2.24) is 29.7 Å². The van der Waals surface area contributed by atoms with Crippen molar-refractivity contribution >= 4 is 11.0 Å². The van der Waals surface area contributed by atoms with Gasteiger partial charge in [-0.1, -0.05) is 6.07 Å². The number of aromatic amines is 1. The molecule has 4 aromatic rings. The fraction of sp³-hybridized carbons (Fsp3) is 0.167. The molecule has 4 rings (SSSR count). The third-order valence-electron chi connectivity index (χ3n) is 4.30. The van der Waals surface area contributed by atoms with E-state index in [0.717, 1.165) is 11.6 Å². The van der Waals surface area contributed by atoms with E-state index in [1.165, 1.54) is 29.3 Å². The first kappa shape index (κ1) is 17.7. The second-order valence-electron chi connectivity index (χ2n) is 5.99. The molecule has 0 bridgehead atoms. The number of pyridine rings is 1. The van der Waals surface area contributed by atoms with Gasteiger partial charge in [0, 0.05) is 35.1 Å². The Morgan fingerprint density at radius 2 is 2.07 bits per heavy atom. The number of hydrogen-bond donors (Lipinski definition) is 1. The predicted octanol–water partition coefficient (Wildman–Crippen LogP) is 3.74. The molecule has 0 spiro atoms. The summed E-state index contributed by atoms with van der Waals surface area (Å²) >= 11 is 0. The molecule has 0 radical (unpaired) electrons. The lowest BCUT2D eigenvalue weighted by Gasteiger charge is -2.19. The van der Waals surface area contributed by atoms with Gasteiger partial charge in [0.05, 0.1) is 30.4 Å². The summed E-state index contributed by atoms with van der Waals surface area (Å²) in [7, 11) is 0. The number of aromatic nitrogens is 6. The van der Waals surface area contributed by atoms with Crippen LogP contribution in [0.15, 0.2) is 49.3 Å². The van der Waals surface area contributed by atoms with E-state index in [1.54, 1.807) is 18.5 Å². The van der Waals surface area contributed by atoms with E-state index in [2.05, 4.69) is 25.0 Å². The minimum absolute atomic E-state index is 0.110. The molecule has 0 fully saturated rings. The fourth-order valence-corrected chi connectivity index (χ4v) is 3.09. The molecule has 0 saturated carbocycles. The third-order valence-corrected chi connectivity index (χ3v) is 4.30. The lowest BCUT2D eigenvalue weighted by Crippen LogP contribution is -2.18. The summed E-state index contributed by atoms with van der Waals surface area (Å²) in [6, 6.07) is 5.52. The van der Waals surface area contributed by atoms with Crippen molar-refractivity contribution in [2.75, 3.05) is 0 Å². The van der Waals surface area contributed by atoms with Crippen LogP contribution in [0, 0.1) is 11.3 Å². The first-order valence-electron chi connectivity index (χ1n) is 8.20. The molecule has 4 aromatic heterocycles. The van der Waals surface area contributed by atoms with Gasteiger partial charge < -0.3 is 4.98 Å². The molecule has 0 aromatic carbocycles. The average molecular weight is 383 g/mol. The van der Waals surface area contributed by atoms with Gasteiger partial charge in [0.2, 0.25) is 0 Å². The van der Waals surface area contributed by atoms with Crippen LogP contribution in [0.2, 0.25) is 0 Å². The number of H-pyrrole nitrogens is 1. The van der Waals surface area contributed by atoms with E-state index in [1.807, 2.05) is 6.07 Å². The smallest absolute Gasteiger partial charge is 0.346 e. The second-order valence-corrected chi connectivity index (χ2v) is 5.99. The summed E-state index contributed by atoms with van der Waals surface area (Å²) in [5, 5.41) is 14.1. The lowest BCUT2D eigenvalue weighted by atomic mass is 10.0. The van der Waals surface area contributed by atoms with E-state index in [4.69, 9.17) is 0 Å². The maximum Gasteiger partial charge on any atom is 0.433 e. The Bertz CT molecular complexity index is 1170. The molecule has 0 saturated heterocycles. The molecule has 28 heavy (non-hydrogen) atoms. The minimum Gasteiger partial charge on any atom is -0.346 e. The summed E-state index contributed by atoms with van der Waals surface area (Å²) in [5.41, 5.74) is 0.698. The first-order valence-corrected chi connectivity index (χ1v) is 8.20. The number of nitriles is 1. The molecule has 0 amide bonds. The predicted molar refractivity (Wildman–Crippen MR) is 92.7 cm³/mol. The highest BCUT2D eigenvalue weighted by Gasteiger charge is 2.37. The fourth-order valence-electron chi connectivity index (χ4n) is 3.09. The largest absolute Gasteiger partial charge is 0.433 e. The van der Waals surface area contributed by atoms with Crippen LogP contribution >= 0.6 is 0 Å². The molecule has 0 aliphatic rings. The van der Waals surface area contributed by atoms with Gasteiger partial charge in [-0.25, -0.2) is 9.97 Å². The van der Waals surface area contributed by atoms with Crippen molar-refractivity contribution in [3.05, 3.63) is 60.6 Å². The highest BCUT2D eigenvalue weighted by Crippen LogP contribution is 2.35. The van der Waals surface area contributed by atoms with Crippen LogP contribution in [0.5, 0.6) is 0 Å². The molecule has 4 heterocycles. The van der Waals surface area contributed by atoms with Crippen molar-refractivity contribution in [1.29, 1.82) is 5.26 Å². The van der Waals surface area contributed by atoms with Crippen LogP contribution in [-0.2, 0) is 6.18 Å². The molecular formula is C18H12F3N7. The summed E-state index contributed by atoms with van der Waals surface area (Å²) in [6.07, 6.45) is 2.43. The van der Waals surface area contributed by atoms with E-state index in [9.17, 15) is 18.4 Å². The number of alkyl halides is 3. The molecule has 10 heteroatoms. The molecule has 7 nitrogen and oxygen atoms in total. The van der Waals surface area contributed by atoms with E-state index in [-0.39, 0.29) is 12.0 Å². The second kappa shape index (κ2) is 6.77. The Balaban J connectivity index is 1.80. The summed E-state index contributed by atoms with van der Waals surface area (Å²) < 4.78 is 41.5. The lowest BCUT2D eigenvalue weighted by molar-refractivity contribution is -0.142. The van der Waals surface area contributed by atoms with Gasteiger partial charge in [-0.2, -0.15) is 23.5 Å². The normalized spacial score (nSPS) is 12.8. The first-order chi connectivity index (χ1) is 13.5. The maximum atomic E-state index is 13.4. The minimum atomic E-state index is -4.63. The maximum absolute atomic E-state index is 13.4. The highest BCUT2D eigenvalue weighted by atomic mass is 19.4. The van der Waals surface area contributed by atoms with Crippen LogP contribution in [0.25, 0.3) is 22.3 Å². The summed E-state index contributed by atoms with van der Waals surface area (Å²) in [4.78, 5) is 14.8. The van der Waals surface area contributed by atoms with E-state index < -0.39 is 17.9 Å². The standard InChI is InChI=1S/C18H12F3N7/c19-18(20,21)16-12(2-1-6-23-16)14(3-5-22)28-9-11(8-27-28)15-13-4-7-24-17(13)26-10-25-15/h1-2,4,6-10,14H,3H2,(H,24,25,26). The number of fused-ring (bicyclic) bond motifs is 1. The Morgan fingerprint density at radius 3 is 2.86 bits per heavy atom. The Hall–Kier alpha value is -3.74. The monoisotopic (exact) mass is 383 g/mol. The molecular weight excluding hydrogens is 371 g/mol. The number of rotatable bonds is 4. The van der Waals surface area contributed by atoms with Crippen molar-refractivity contribution in [2.24, 2.45) is 0 Å². The van der Waals surface area contributed by atoms with Crippen molar-refractivity contribution in [3.8, 4) is 17.3 Å². The zero-order valence-corrected chi connectivity index (χ0v) is 14.2. The van der Waals surface area contributed by atoms with Crippen molar-refractivity contribution in [3.63, 3.8) is 0 Å². The number of halogens is 3. The Kier molecular flexibility index (Phi) is 4.27. The number of nitrogens with zero attached hydrogens (tertiary/aromatic N) is 6. The molecule has 140 valence electrons. The molecule has 0 aliphatic heterocycles. The van der Waals surface area contributed by atoms with Crippen LogP contribution in [-0.4, -0.2) is 29.7 Å². The van der Waals surface area contributed by atoms with Crippen LogP contribution in [0.3, 0.4) is 0 Å². The zero-order chi connectivity index (χ0) is 19.7. The van der Waals surface area contributed by atoms with Gasteiger partial charge in [0.1, 0.15) is 17.7 Å². The number of nitrogens with one attached hydrogen (secondary N) is 1. The third kappa shape index (κ3) is 3.07. The van der Waals surface area contributed by atoms with Crippen LogP contribution in [0.1, 0.15) is 23.7 Å². The SMILES string of the molecule is N#CCC(c1cccnc1C(F)(F)F)n1cc(-c2ncnc3[nH]ccc23)cn1. The van der Waals surface area contributed by atoms with Crippen LogP contribution in [0.4, 0.5) is 13.2 Å². The van der Waals surface area contributed by atoms with Crippen molar-refractivity contribution < 1.29 is 13.2 Å². The Labute approximate surface area is 156 Å². The molecule has 0 aliphatic carbocycles. The van der Waals surface area contributed by atoms with Gasteiger partial charge in [-0.3, -0.25) is 9.67 Å². The van der Waals surface area contributed by atoms with Gasteiger partial charge in [-0.05, 0) is 12.1 Å². The van der Waals surface area contributed by atoms with E-state index >= 15 is 0 Å². The van der Waals surface area contributed by atoms with Gasteiger partial charge >= 0.3 is 6.18 Å². The molecule has 1 unspecified atom stereocenters. The van der Waals surface area contributed by atoms with Gasteiger partial charge in [-0.15, -0.1) is 0 Å². The van der Waals surface area contributed by atoms with Crippen molar-refractivity contribution in [2.45, 2.75) is 18.6 Å². The average Bonchev–Trinajstić information content (AvgIpc) is 3.34. The summed E-state index contributed by atoms with van der Waals surface area (Å²) in [5.74, 6) is 0. The topological polar surface area (TPSA) is 96.1 Å². The quantitative estimate of drug-likeness (QED) is 0.579. The highest BCUT2D eigenvalue weighted by molar-refractivity contribution is 5.89. The van der Waals surface area contributed by atoms with E-state index in [0.29, 0.717) is 16.9 Å². The van der Waals surface area contributed by atoms with Gasteiger partial charge in [0.25, 0.3) is 0 Å².